The van der Waals surface area contributed by atoms with E-state index in [2.05, 4.69) is 5.32 Å². The molecule has 2 aliphatic heterocycles. The average Bonchev–Trinajstić information content (AvgIpc) is 3.23. The Balaban J connectivity index is 1.62. The van der Waals surface area contributed by atoms with Crippen molar-refractivity contribution in [2.24, 2.45) is 11.7 Å². The van der Waals surface area contributed by atoms with Crippen LogP contribution in [0.3, 0.4) is 0 Å². The lowest BCUT2D eigenvalue weighted by molar-refractivity contribution is -0.921. The molecule has 1 unspecified atom stereocenters. The number of quaternary nitrogens is 1. The molecule has 2 amide bonds. The van der Waals surface area contributed by atoms with E-state index in [0.29, 0.717) is 25.3 Å². The van der Waals surface area contributed by atoms with Gasteiger partial charge in [0.25, 0.3) is 5.91 Å². The maximum atomic E-state index is 12.6. The highest BCUT2D eigenvalue weighted by atomic mass is 32.2. The van der Waals surface area contributed by atoms with Gasteiger partial charge in [-0.05, 0) is 56.9 Å². The van der Waals surface area contributed by atoms with Crippen LogP contribution in [0.25, 0.3) is 0 Å². The summed E-state index contributed by atoms with van der Waals surface area (Å²) in [5.74, 6) is -0.649. The number of likely N-dealkylation sites (tertiary alicyclic amines) is 1. The van der Waals surface area contributed by atoms with E-state index in [9.17, 15) is 18.0 Å². The zero-order valence-electron chi connectivity index (χ0n) is 16.2. The Kier molecular flexibility index (Phi) is 6.36. The van der Waals surface area contributed by atoms with E-state index in [1.165, 1.54) is 16.4 Å². The highest BCUT2D eigenvalue weighted by Crippen LogP contribution is 2.22. The van der Waals surface area contributed by atoms with E-state index in [1.54, 1.807) is 12.1 Å². The summed E-state index contributed by atoms with van der Waals surface area (Å²) in [7, 11) is -3.46. The SMILES string of the molecule is C[C@H](C(=O)Nc1ccc(S(=O)(=O)N2CCCC2)cc1)[NH+]1CCC[C@H](C(N)=O)C1. The second-order valence-electron chi connectivity index (χ2n) is 7.70. The maximum Gasteiger partial charge on any atom is 0.282 e. The number of hydrogen-bond acceptors (Lipinski definition) is 4. The van der Waals surface area contributed by atoms with Crippen LogP contribution in [-0.2, 0) is 19.6 Å². The summed E-state index contributed by atoms with van der Waals surface area (Å²) in [6.45, 7) is 4.34. The molecule has 8 nitrogen and oxygen atoms in total. The molecule has 0 bridgehead atoms. The van der Waals surface area contributed by atoms with Gasteiger partial charge in [0.2, 0.25) is 15.9 Å². The van der Waals surface area contributed by atoms with Crippen LogP contribution in [0, 0.1) is 5.92 Å². The van der Waals surface area contributed by atoms with Crippen molar-refractivity contribution in [2.45, 2.75) is 43.5 Å². The summed E-state index contributed by atoms with van der Waals surface area (Å²) < 4.78 is 26.6. The van der Waals surface area contributed by atoms with Gasteiger partial charge in [-0.25, -0.2) is 8.42 Å². The van der Waals surface area contributed by atoms with Crippen LogP contribution >= 0.6 is 0 Å². The molecule has 3 atom stereocenters. The Hall–Kier alpha value is -1.97. The van der Waals surface area contributed by atoms with Gasteiger partial charge < -0.3 is 16.0 Å². The number of carbonyl (C=O) groups is 2. The third-order valence-corrected chi connectivity index (χ3v) is 7.70. The Morgan fingerprint density at radius 2 is 1.82 bits per heavy atom. The van der Waals surface area contributed by atoms with Gasteiger partial charge in [0.1, 0.15) is 0 Å². The Morgan fingerprint density at radius 1 is 1.18 bits per heavy atom. The fraction of sp³-hybridized carbons (Fsp3) is 0.579. The lowest BCUT2D eigenvalue weighted by Crippen LogP contribution is -3.18. The number of nitrogens with two attached hydrogens (primary N) is 1. The first-order valence-corrected chi connectivity index (χ1v) is 11.3. The van der Waals surface area contributed by atoms with Gasteiger partial charge >= 0.3 is 0 Å². The predicted octanol–water partition coefficient (Wildman–Crippen LogP) is -0.422. The monoisotopic (exact) mass is 409 g/mol. The van der Waals surface area contributed by atoms with Gasteiger partial charge in [0, 0.05) is 18.8 Å². The molecule has 0 saturated carbocycles. The molecule has 1 aromatic carbocycles. The third-order valence-electron chi connectivity index (χ3n) is 5.79. The molecule has 3 rings (SSSR count). The molecule has 0 aromatic heterocycles. The zero-order valence-corrected chi connectivity index (χ0v) is 17.0. The van der Waals surface area contributed by atoms with E-state index >= 15 is 0 Å². The molecule has 4 N–H and O–H groups in total. The van der Waals surface area contributed by atoms with Gasteiger partial charge in [-0.1, -0.05) is 0 Å². The molecule has 0 spiro atoms. The number of hydrogen-bond donors (Lipinski definition) is 3. The minimum Gasteiger partial charge on any atom is -0.369 e. The number of nitrogens with one attached hydrogen (secondary N) is 2. The van der Waals surface area contributed by atoms with Crippen molar-refractivity contribution in [3.63, 3.8) is 0 Å². The first kappa shape index (κ1) is 20.8. The lowest BCUT2D eigenvalue weighted by atomic mass is 9.96. The maximum absolute atomic E-state index is 12.6. The lowest BCUT2D eigenvalue weighted by Gasteiger charge is -2.31. The summed E-state index contributed by atoms with van der Waals surface area (Å²) in [4.78, 5) is 25.3. The van der Waals surface area contributed by atoms with Crippen LogP contribution < -0.4 is 16.0 Å². The smallest absolute Gasteiger partial charge is 0.282 e. The normalized spacial score (nSPS) is 24.6. The molecule has 2 fully saturated rings. The molecule has 1 aromatic rings. The van der Waals surface area contributed by atoms with E-state index in [-0.39, 0.29) is 28.7 Å². The number of benzene rings is 1. The molecule has 2 saturated heterocycles. The third kappa shape index (κ3) is 4.53. The zero-order chi connectivity index (χ0) is 20.3. The molecule has 9 heteroatoms. The van der Waals surface area contributed by atoms with Gasteiger partial charge in [0.15, 0.2) is 6.04 Å². The van der Waals surface area contributed by atoms with E-state index < -0.39 is 10.0 Å². The fourth-order valence-electron chi connectivity index (χ4n) is 3.96. The Bertz CT molecular complexity index is 819. The van der Waals surface area contributed by atoms with Crippen molar-refractivity contribution in [2.75, 3.05) is 31.5 Å². The van der Waals surface area contributed by atoms with Crippen LogP contribution in [0.15, 0.2) is 29.2 Å². The van der Waals surface area contributed by atoms with Crippen molar-refractivity contribution in [1.29, 1.82) is 0 Å². The molecule has 0 radical (unpaired) electrons. The molecule has 2 heterocycles. The minimum atomic E-state index is -3.46. The summed E-state index contributed by atoms with van der Waals surface area (Å²) in [5.41, 5.74) is 5.97. The number of piperidine rings is 1. The van der Waals surface area contributed by atoms with Crippen LogP contribution in [0.4, 0.5) is 5.69 Å². The van der Waals surface area contributed by atoms with Crippen molar-refractivity contribution < 1.29 is 22.9 Å². The van der Waals surface area contributed by atoms with Crippen LogP contribution in [-0.4, -0.2) is 56.8 Å². The van der Waals surface area contributed by atoms with Gasteiger partial charge in [0.05, 0.1) is 23.9 Å². The molecule has 154 valence electrons. The molecular formula is C19H29N4O4S+. The first-order valence-electron chi connectivity index (χ1n) is 9.84. The number of primary amides is 1. The highest BCUT2D eigenvalue weighted by molar-refractivity contribution is 7.89. The Labute approximate surface area is 166 Å². The number of anilines is 1. The summed E-state index contributed by atoms with van der Waals surface area (Å²) >= 11 is 0. The second-order valence-corrected chi connectivity index (χ2v) is 9.64. The van der Waals surface area contributed by atoms with E-state index in [4.69, 9.17) is 5.73 Å². The number of carbonyl (C=O) groups excluding carboxylic acids is 2. The first-order chi connectivity index (χ1) is 13.3. The average molecular weight is 410 g/mol. The minimum absolute atomic E-state index is 0.157. The second kappa shape index (κ2) is 8.59. The topological polar surface area (TPSA) is 114 Å². The largest absolute Gasteiger partial charge is 0.369 e. The van der Waals surface area contributed by atoms with Crippen molar-refractivity contribution >= 4 is 27.5 Å². The highest BCUT2D eigenvalue weighted by Gasteiger charge is 2.33. The van der Waals surface area contributed by atoms with Crippen molar-refractivity contribution in [3.8, 4) is 0 Å². The summed E-state index contributed by atoms with van der Waals surface area (Å²) in [6, 6.07) is 5.97. The molecular weight excluding hydrogens is 380 g/mol. The van der Waals surface area contributed by atoms with Crippen LogP contribution in [0.2, 0.25) is 0 Å². The van der Waals surface area contributed by atoms with E-state index in [1.807, 2.05) is 6.92 Å². The number of nitrogens with zero attached hydrogens (tertiary/aromatic N) is 1. The van der Waals surface area contributed by atoms with E-state index in [0.717, 1.165) is 37.1 Å². The summed E-state index contributed by atoms with van der Waals surface area (Å²) in [5, 5.41) is 2.85. The molecule has 2 aliphatic rings. The molecule has 28 heavy (non-hydrogen) atoms. The van der Waals surface area contributed by atoms with Crippen LogP contribution in [0.5, 0.6) is 0 Å². The number of rotatable bonds is 6. The fourth-order valence-corrected chi connectivity index (χ4v) is 5.47. The summed E-state index contributed by atoms with van der Waals surface area (Å²) in [6.07, 6.45) is 3.42. The Morgan fingerprint density at radius 3 is 2.43 bits per heavy atom. The van der Waals surface area contributed by atoms with Gasteiger partial charge in [-0.2, -0.15) is 4.31 Å². The quantitative estimate of drug-likeness (QED) is 0.592. The number of sulfonamides is 1. The standard InChI is InChI=1S/C19H28N4O4S/c1-14(22-10-4-5-15(13-22)18(20)24)19(25)21-16-6-8-17(9-7-16)28(26,27)23-11-2-3-12-23/h6-9,14-15H,2-5,10-13H2,1H3,(H2,20,24)(H,21,25)/p+1/t14-,15+/m1/s1. The predicted molar refractivity (Wildman–Crippen MR) is 105 cm³/mol. The van der Waals surface area contributed by atoms with Gasteiger partial charge in [-0.3, -0.25) is 9.59 Å². The van der Waals surface area contributed by atoms with Crippen molar-refractivity contribution in [1.82, 2.24) is 4.31 Å². The van der Waals surface area contributed by atoms with Gasteiger partial charge in [-0.15, -0.1) is 0 Å². The van der Waals surface area contributed by atoms with Crippen molar-refractivity contribution in [3.05, 3.63) is 24.3 Å². The molecule has 0 aliphatic carbocycles. The number of amides is 2. The van der Waals surface area contributed by atoms with Crippen LogP contribution in [0.1, 0.15) is 32.6 Å².